The Morgan fingerprint density at radius 2 is 1.79 bits per heavy atom. The third kappa shape index (κ3) is 3.65. The number of hydrogen-bond donors (Lipinski definition) is 1. The van der Waals surface area contributed by atoms with Gasteiger partial charge >= 0.3 is 0 Å². The molecule has 2 N–H and O–H groups in total. The van der Waals surface area contributed by atoms with Crippen LogP contribution in [-0.2, 0) is 0 Å². The Kier molecular flexibility index (Phi) is 5.13. The summed E-state index contributed by atoms with van der Waals surface area (Å²) in [6, 6.07) is 18.0. The summed E-state index contributed by atoms with van der Waals surface area (Å²) in [5.41, 5.74) is 11.1. The molecule has 0 bridgehead atoms. The van der Waals surface area contributed by atoms with E-state index in [1.54, 1.807) is 6.20 Å². The van der Waals surface area contributed by atoms with Crippen molar-refractivity contribution in [3.05, 3.63) is 78.4 Å². The summed E-state index contributed by atoms with van der Waals surface area (Å²) in [5.74, 6) is 3.37. The second-order valence-electron chi connectivity index (χ2n) is 9.11. The van der Waals surface area contributed by atoms with Crippen LogP contribution in [0.1, 0.15) is 49.4 Å². The van der Waals surface area contributed by atoms with Crippen molar-refractivity contribution in [2.45, 2.75) is 44.9 Å². The number of aromatic nitrogens is 4. The molecule has 170 valence electrons. The highest BCUT2D eigenvalue weighted by atomic mass is 16.5. The molecule has 0 saturated heterocycles. The van der Waals surface area contributed by atoms with Gasteiger partial charge in [0.25, 0.3) is 0 Å². The first-order chi connectivity index (χ1) is 16.7. The van der Waals surface area contributed by atoms with Crippen molar-refractivity contribution in [3.8, 4) is 22.9 Å². The lowest BCUT2D eigenvalue weighted by Gasteiger charge is -2.20. The summed E-state index contributed by atoms with van der Waals surface area (Å²) in [6.45, 7) is 2.08. The van der Waals surface area contributed by atoms with Gasteiger partial charge in [-0.3, -0.25) is 4.40 Å². The van der Waals surface area contributed by atoms with Crippen LogP contribution in [0.25, 0.3) is 27.7 Å². The Hall–Kier alpha value is -3.93. The molecule has 1 saturated carbocycles. The smallest absolute Gasteiger partial charge is 0.220 e. The molecule has 0 atom stereocenters. The Balaban J connectivity index is 1.47. The number of nitrogen functional groups attached to an aromatic ring is 1. The quantitative estimate of drug-likeness (QED) is 0.331. The predicted octanol–water partition coefficient (Wildman–Crippen LogP) is 6.68. The molecule has 6 rings (SSSR count). The fourth-order valence-electron chi connectivity index (χ4n) is 5.12. The summed E-state index contributed by atoms with van der Waals surface area (Å²) in [5, 5.41) is 1.09. The van der Waals surface area contributed by atoms with E-state index >= 15 is 0 Å². The molecule has 1 aliphatic rings. The minimum absolute atomic E-state index is 0.448. The summed E-state index contributed by atoms with van der Waals surface area (Å²) in [7, 11) is 0. The van der Waals surface area contributed by atoms with Gasteiger partial charge in [0.1, 0.15) is 28.6 Å². The predicted molar refractivity (Wildman–Crippen MR) is 135 cm³/mol. The van der Waals surface area contributed by atoms with E-state index in [9.17, 15) is 0 Å². The van der Waals surface area contributed by atoms with E-state index < -0.39 is 0 Å². The number of benzene rings is 2. The van der Waals surface area contributed by atoms with Crippen molar-refractivity contribution < 1.29 is 4.74 Å². The van der Waals surface area contributed by atoms with E-state index in [1.165, 1.54) is 32.1 Å². The number of anilines is 1. The number of rotatable bonds is 4. The number of fused-ring (bicyclic) bond motifs is 2. The van der Waals surface area contributed by atoms with Gasteiger partial charge in [-0.1, -0.05) is 49.6 Å². The van der Waals surface area contributed by atoms with E-state index in [-0.39, 0.29) is 0 Å². The number of para-hydroxylation sites is 1. The van der Waals surface area contributed by atoms with Gasteiger partial charge < -0.3 is 10.5 Å². The lowest BCUT2D eigenvalue weighted by molar-refractivity contribution is 0.428. The average Bonchev–Trinajstić information content (AvgIpc) is 3.26. The van der Waals surface area contributed by atoms with E-state index in [4.69, 9.17) is 20.4 Å². The Bertz CT molecular complexity index is 1490. The molecule has 6 nitrogen and oxygen atoms in total. The Morgan fingerprint density at radius 3 is 2.62 bits per heavy atom. The van der Waals surface area contributed by atoms with Gasteiger partial charge in [0.05, 0.1) is 5.52 Å². The standard InChI is InChI=1S/C28H27N5O/c1-18-16-24(34-21-10-6-3-7-11-21)31-23-17-20(12-13-22(18)23)25-26-27(29)30-14-15-33(26)28(32-25)19-8-4-2-5-9-19/h3,6-7,10-17,19H,2,4-5,8-9H2,1H3,(H2,29,30). The van der Waals surface area contributed by atoms with Gasteiger partial charge in [0.2, 0.25) is 5.88 Å². The molecule has 0 radical (unpaired) electrons. The second-order valence-corrected chi connectivity index (χ2v) is 9.11. The van der Waals surface area contributed by atoms with Crippen LogP contribution >= 0.6 is 0 Å². The second kappa shape index (κ2) is 8.45. The van der Waals surface area contributed by atoms with Gasteiger partial charge in [-0.25, -0.2) is 15.0 Å². The molecule has 5 aromatic rings. The van der Waals surface area contributed by atoms with E-state index in [0.717, 1.165) is 44.8 Å². The molecule has 1 fully saturated rings. The maximum atomic E-state index is 6.38. The first-order valence-electron chi connectivity index (χ1n) is 11.9. The Morgan fingerprint density at radius 1 is 0.971 bits per heavy atom. The maximum absolute atomic E-state index is 6.38. The van der Waals surface area contributed by atoms with Crippen LogP contribution in [0.4, 0.5) is 5.82 Å². The molecule has 0 aliphatic heterocycles. The minimum Gasteiger partial charge on any atom is -0.439 e. The fourth-order valence-corrected chi connectivity index (χ4v) is 5.12. The van der Waals surface area contributed by atoms with Gasteiger partial charge in [-0.15, -0.1) is 0 Å². The molecule has 0 amide bonds. The molecular formula is C28H27N5O. The summed E-state index contributed by atoms with van der Waals surface area (Å²) >= 11 is 0. The molecular weight excluding hydrogens is 422 g/mol. The molecule has 0 spiro atoms. The van der Waals surface area contributed by atoms with Crippen molar-refractivity contribution >= 4 is 22.2 Å². The number of pyridine rings is 1. The average molecular weight is 450 g/mol. The van der Waals surface area contributed by atoms with Gasteiger partial charge in [0, 0.05) is 35.3 Å². The minimum atomic E-state index is 0.448. The third-order valence-corrected chi connectivity index (χ3v) is 6.81. The highest BCUT2D eigenvalue weighted by molar-refractivity contribution is 5.92. The van der Waals surface area contributed by atoms with Crippen molar-refractivity contribution in [3.63, 3.8) is 0 Å². The number of hydrogen-bond acceptors (Lipinski definition) is 5. The fraction of sp³-hybridized carbons (Fsp3) is 0.250. The summed E-state index contributed by atoms with van der Waals surface area (Å²) < 4.78 is 8.17. The maximum Gasteiger partial charge on any atom is 0.220 e. The van der Waals surface area contributed by atoms with E-state index in [1.807, 2.05) is 42.6 Å². The first kappa shape index (κ1) is 20.7. The number of aryl methyl sites for hydroxylation is 1. The zero-order valence-corrected chi connectivity index (χ0v) is 19.2. The van der Waals surface area contributed by atoms with Gasteiger partial charge in [-0.05, 0) is 43.5 Å². The molecule has 34 heavy (non-hydrogen) atoms. The van der Waals surface area contributed by atoms with Gasteiger partial charge in [0.15, 0.2) is 0 Å². The largest absolute Gasteiger partial charge is 0.439 e. The molecule has 3 heterocycles. The lowest BCUT2D eigenvalue weighted by atomic mass is 9.89. The van der Waals surface area contributed by atoms with Gasteiger partial charge in [-0.2, -0.15) is 0 Å². The lowest BCUT2D eigenvalue weighted by Crippen LogP contribution is -2.09. The Labute approximate surface area is 198 Å². The molecule has 3 aromatic heterocycles. The normalized spacial score (nSPS) is 14.6. The molecule has 2 aromatic carbocycles. The van der Waals surface area contributed by atoms with Crippen molar-refractivity contribution in [2.24, 2.45) is 0 Å². The number of nitrogens with two attached hydrogens (primary N) is 1. The highest BCUT2D eigenvalue weighted by Crippen LogP contribution is 2.37. The molecule has 6 heteroatoms. The topological polar surface area (TPSA) is 78.3 Å². The number of ether oxygens (including phenoxy) is 1. The van der Waals surface area contributed by atoms with Crippen LogP contribution < -0.4 is 10.5 Å². The third-order valence-electron chi connectivity index (χ3n) is 6.81. The first-order valence-corrected chi connectivity index (χ1v) is 11.9. The van der Waals surface area contributed by atoms with Crippen LogP contribution in [0.15, 0.2) is 67.0 Å². The number of imidazole rings is 1. The van der Waals surface area contributed by atoms with Crippen LogP contribution in [-0.4, -0.2) is 19.4 Å². The summed E-state index contributed by atoms with van der Waals surface area (Å²) in [4.78, 5) is 14.3. The monoisotopic (exact) mass is 449 g/mol. The zero-order chi connectivity index (χ0) is 23.1. The van der Waals surface area contributed by atoms with Crippen LogP contribution in [0.5, 0.6) is 11.6 Å². The molecule has 0 unspecified atom stereocenters. The number of nitrogens with zero attached hydrogens (tertiary/aromatic N) is 4. The van der Waals surface area contributed by atoms with Crippen molar-refractivity contribution in [1.29, 1.82) is 0 Å². The van der Waals surface area contributed by atoms with Crippen LogP contribution in [0.2, 0.25) is 0 Å². The van der Waals surface area contributed by atoms with E-state index in [2.05, 4.69) is 34.5 Å². The van der Waals surface area contributed by atoms with Crippen molar-refractivity contribution in [2.75, 3.05) is 5.73 Å². The highest BCUT2D eigenvalue weighted by Gasteiger charge is 2.24. The van der Waals surface area contributed by atoms with Crippen molar-refractivity contribution in [1.82, 2.24) is 19.4 Å². The summed E-state index contributed by atoms with van der Waals surface area (Å²) in [6.07, 6.45) is 9.88. The van der Waals surface area contributed by atoms with Crippen LogP contribution in [0.3, 0.4) is 0 Å². The zero-order valence-electron chi connectivity index (χ0n) is 19.2. The molecule has 1 aliphatic carbocycles. The SMILES string of the molecule is Cc1cc(Oc2ccccc2)nc2cc(-c3nc(C4CCCCC4)n4ccnc(N)c34)ccc12. The van der Waals surface area contributed by atoms with Crippen LogP contribution in [0, 0.1) is 6.92 Å². The van der Waals surface area contributed by atoms with E-state index in [0.29, 0.717) is 17.6 Å².